The predicted octanol–water partition coefficient (Wildman–Crippen LogP) is 2.32. The zero-order valence-corrected chi connectivity index (χ0v) is 16.5. The van der Waals surface area contributed by atoms with Crippen molar-refractivity contribution in [3.8, 4) is 0 Å². The van der Waals surface area contributed by atoms with E-state index in [-0.39, 0.29) is 5.91 Å². The van der Waals surface area contributed by atoms with E-state index >= 15 is 0 Å². The Morgan fingerprint density at radius 2 is 1.86 bits per heavy atom. The molecule has 0 saturated carbocycles. The van der Waals surface area contributed by atoms with Crippen molar-refractivity contribution < 1.29 is 27.9 Å². The Bertz CT molecular complexity index is 839. The highest BCUT2D eigenvalue weighted by Gasteiger charge is 2.42. The first-order valence-corrected chi connectivity index (χ1v) is 9.84. The molecule has 2 aliphatic rings. The molecule has 0 radical (unpaired) electrons. The maximum absolute atomic E-state index is 12.4. The number of carbonyl (C=O) groups excluding carboxylic acids is 1. The number of carbonyl (C=O) groups is 2. The van der Waals surface area contributed by atoms with Crippen LogP contribution in [0.5, 0.6) is 0 Å². The van der Waals surface area contributed by atoms with Gasteiger partial charge in [-0.2, -0.15) is 13.2 Å². The molecule has 29 heavy (non-hydrogen) atoms. The largest absolute Gasteiger partial charge is 0.490 e. The van der Waals surface area contributed by atoms with Crippen molar-refractivity contribution in [1.29, 1.82) is 0 Å². The lowest BCUT2D eigenvalue weighted by Gasteiger charge is -2.21. The summed E-state index contributed by atoms with van der Waals surface area (Å²) in [5.41, 5.74) is 0. The molecular weight excluding hydrogens is 409 g/mol. The number of aryl methyl sites for hydroxylation is 1. The van der Waals surface area contributed by atoms with E-state index in [9.17, 15) is 18.0 Å². The van der Waals surface area contributed by atoms with Crippen LogP contribution in [0.2, 0.25) is 0 Å². The molecule has 1 amide bonds. The van der Waals surface area contributed by atoms with E-state index in [1.165, 1.54) is 11.3 Å². The molecular formula is C18H21F3N4O3S. The quantitative estimate of drug-likeness (QED) is 0.809. The summed E-state index contributed by atoms with van der Waals surface area (Å²) >= 11 is 1.54. The average Bonchev–Trinajstić information content (AvgIpc) is 3.39. The predicted molar refractivity (Wildman–Crippen MR) is 99.4 cm³/mol. The normalized spacial score (nSPS) is 21.6. The highest BCUT2D eigenvalue weighted by atomic mass is 32.1. The number of rotatable bonds is 3. The molecule has 0 spiro atoms. The Morgan fingerprint density at radius 1 is 1.24 bits per heavy atom. The van der Waals surface area contributed by atoms with Gasteiger partial charge in [0.15, 0.2) is 0 Å². The fourth-order valence-electron chi connectivity index (χ4n) is 3.69. The van der Waals surface area contributed by atoms with Gasteiger partial charge in [0.25, 0.3) is 5.91 Å². The third-order valence-corrected chi connectivity index (χ3v) is 5.97. The first-order valence-electron chi connectivity index (χ1n) is 8.96. The number of alkyl halides is 3. The maximum atomic E-state index is 12.4. The number of imidazole rings is 1. The van der Waals surface area contributed by atoms with Crippen LogP contribution in [0.4, 0.5) is 13.2 Å². The van der Waals surface area contributed by atoms with Gasteiger partial charge in [0.1, 0.15) is 5.82 Å². The van der Waals surface area contributed by atoms with Gasteiger partial charge in [-0.05, 0) is 23.3 Å². The van der Waals surface area contributed by atoms with Crippen molar-refractivity contribution in [2.75, 3.05) is 26.2 Å². The smallest absolute Gasteiger partial charge is 0.475 e. The van der Waals surface area contributed by atoms with Crippen molar-refractivity contribution in [1.82, 2.24) is 19.4 Å². The molecule has 0 aliphatic carbocycles. The summed E-state index contributed by atoms with van der Waals surface area (Å²) in [6.07, 6.45) is -1.23. The van der Waals surface area contributed by atoms with Gasteiger partial charge in [-0.25, -0.2) is 9.78 Å². The summed E-state index contributed by atoms with van der Waals surface area (Å²) in [6.45, 7) is 4.86. The average molecular weight is 430 g/mol. The molecule has 1 N–H and O–H groups in total. The number of likely N-dealkylation sites (tertiary alicyclic amines) is 2. The number of amides is 1. The van der Waals surface area contributed by atoms with Crippen LogP contribution < -0.4 is 0 Å². The van der Waals surface area contributed by atoms with E-state index in [0.29, 0.717) is 11.8 Å². The van der Waals surface area contributed by atoms with Gasteiger partial charge in [0.2, 0.25) is 0 Å². The Hall–Kier alpha value is -2.40. The van der Waals surface area contributed by atoms with Gasteiger partial charge in [-0.15, -0.1) is 11.3 Å². The van der Waals surface area contributed by atoms with Crippen LogP contribution in [-0.2, 0) is 18.4 Å². The molecule has 0 unspecified atom stereocenters. The molecule has 0 aromatic carbocycles. The van der Waals surface area contributed by atoms with Crippen molar-refractivity contribution in [3.05, 3.63) is 40.6 Å². The van der Waals surface area contributed by atoms with Crippen LogP contribution in [0.25, 0.3) is 0 Å². The molecule has 2 aromatic rings. The highest BCUT2D eigenvalue weighted by molar-refractivity contribution is 7.12. The van der Waals surface area contributed by atoms with E-state index in [1.54, 1.807) is 0 Å². The molecule has 2 aromatic heterocycles. The fourth-order valence-corrected chi connectivity index (χ4v) is 4.38. The molecule has 2 atom stereocenters. The number of hydrogen-bond acceptors (Lipinski definition) is 5. The number of nitrogens with zero attached hydrogens (tertiary/aromatic N) is 4. The Morgan fingerprint density at radius 3 is 2.31 bits per heavy atom. The summed E-state index contributed by atoms with van der Waals surface area (Å²) in [7, 11) is 2.04. The number of carboxylic acids is 1. The van der Waals surface area contributed by atoms with Crippen LogP contribution in [0, 0.1) is 11.8 Å². The van der Waals surface area contributed by atoms with Crippen molar-refractivity contribution in [2.24, 2.45) is 18.9 Å². The summed E-state index contributed by atoms with van der Waals surface area (Å²) in [4.78, 5) is 31.1. The molecule has 4 heterocycles. The van der Waals surface area contributed by atoms with Crippen molar-refractivity contribution in [2.45, 2.75) is 12.7 Å². The van der Waals surface area contributed by atoms with Gasteiger partial charge in [-0.1, -0.05) is 6.07 Å². The van der Waals surface area contributed by atoms with Gasteiger partial charge < -0.3 is 14.6 Å². The first kappa shape index (κ1) is 21.3. The van der Waals surface area contributed by atoms with E-state index in [0.717, 1.165) is 43.4 Å². The molecule has 11 heteroatoms. The second-order valence-electron chi connectivity index (χ2n) is 7.16. The summed E-state index contributed by atoms with van der Waals surface area (Å²) in [5, 5.41) is 9.10. The van der Waals surface area contributed by atoms with Crippen molar-refractivity contribution >= 4 is 23.2 Å². The van der Waals surface area contributed by atoms with Gasteiger partial charge in [0.05, 0.1) is 11.4 Å². The fraction of sp³-hybridized carbons (Fsp3) is 0.500. The second kappa shape index (κ2) is 8.54. The second-order valence-corrected chi connectivity index (χ2v) is 8.11. The summed E-state index contributed by atoms with van der Waals surface area (Å²) < 4.78 is 33.8. The number of halogens is 3. The lowest BCUT2D eigenvalue weighted by molar-refractivity contribution is -0.192. The third kappa shape index (κ3) is 5.15. The topological polar surface area (TPSA) is 78.7 Å². The van der Waals surface area contributed by atoms with Crippen molar-refractivity contribution in [3.63, 3.8) is 0 Å². The van der Waals surface area contributed by atoms with E-state index in [1.807, 2.05) is 41.9 Å². The Labute approximate surface area is 169 Å². The zero-order chi connectivity index (χ0) is 21.2. The van der Waals surface area contributed by atoms with Crippen LogP contribution in [-0.4, -0.2) is 68.7 Å². The van der Waals surface area contributed by atoms with E-state index in [4.69, 9.17) is 9.90 Å². The minimum Gasteiger partial charge on any atom is -0.475 e. The van der Waals surface area contributed by atoms with Crippen LogP contribution in [0.3, 0.4) is 0 Å². The summed E-state index contributed by atoms with van der Waals surface area (Å²) in [6, 6.07) is 3.87. The minimum atomic E-state index is -5.08. The Balaban J connectivity index is 0.000000298. The van der Waals surface area contributed by atoms with Gasteiger partial charge in [-0.3, -0.25) is 9.69 Å². The number of aliphatic carboxylic acids is 1. The van der Waals surface area contributed by atoms with Gasteiger partial charge >= 0.3 is 12.1 Å². The van der Waals surface area contributed by atoms with Crippen LogP contribution in [0.15, 0.2) is 29.9 Å². The lowest BCUT2D eigenvalue weighted by atomic mass is 10.0. The highest BCUT2D eigenvalue weighted by Crippen LogP contribution is 2.32. The molecule has 2 saturated heterocycles. The monoisotopic (exact) mass is 430 g/mol. The van der Waals surface area contributed by atoms with E-state index < -0.39 is 12.1 Å². The molecule has 7 nitrogen and oxygen atoms in total. The molecule has 2 aliphatic heterocycles. The maximum Gasteiger partial charge on any atom is 0.490 e. The molecule has 158 valence electrons. The van der Waals surface area contributed by atoms with Gasteiger partial charge in [0, 0.05) is 45.6 Å². The number of carboxylic acid groups (broad SMARTS) is 1. The third-order valence-electron chi connectivity index (χ3n) is 5.11. The van der Waals surface area contributed by atoms with E-state index in [2.05, 4.69) is 14.5 Å². The molecule has 4 rings (SSSR count). The zero-order valence-electron chi connectivity index (χ0n) is 15.7. The number of thiophene rings is 1. The summed E-state index contributed by atoms with van der Waals surface area (Å²) in [5.74, 6) is -0.201. The lowest BCUT2D eigenvalue weighted by Crippen LogP contribution is -2.33. The first-order chi connectivity index (χ1) is 13.6. The molecule has 0 bridgehead atoms. The minimum absolute atomic E-state index is 0.208. The SMILES string of the molecule is Cn1ccnc1CN1C[C@@H]2CN(C(=O)c3cccs3)C[C@@H]2C1.O=C(O)C(F)(F)F. The number of aromatic nitrogens is 2. The molecule has 2 fully saturated rings. The number of hydrogen-bond donors (Lipinski definition) is 1. The van der Waals surface area contributed by atoms with Crippen LogP contribution in [0.1, 0.15) is 15.5 Å². The number of fused-ring (bicyclic) bond motifs is 1. The standard InChI is InChI=1S/C16H20N4OS.C2HF3O2/c1-18-5-4-17-15(18)11-19-7-12-9-20(10-13(12)8-19)16(21)14-3-2-6-22-14;3-2(4,5)1(6)7/h2-6,12-13H,7-11H2,1H3;(H,6,7)/t12-,13+;. The Kier molecular flexibility index (Phi) is 6.27. The van der Waals surface area contributed by atoms with Crippen LogP contribution >= 0.6 is 11.3 Å².